The molecule has 1 N–H and O–H groups in total. The van der Waals surface area contributed by atoms with Crippen LogP contribution in [-0.4, -0.2) is 30.4 Å². The first kappa shape index (κ1) is 13.9. The highest BCUT2D eigenvalue weighted by molar-refractivity contribution is 5.72. The maximum Gasteiger partial charge on any atom is 0.307 e. The lowest BCUT2D eigenvalue weighted by Gasteiger charge is -2.44. The minimum absolute atomic E-state index is 0.129. The third kappa shape index (κ3) is 2.59. The predicted octanol–water partition coefficient (Wildman–Crippen LogP) is 2.46. The maximum atomic E-state index is 11.2. The number of hydrogen-bond acceptors (Lipinski definition) is 3. The molecule has 1 aromatic carbocycles. The monoisotopic (exact) mass is 264 g/mol. The second kappa shape index (κ2) is 5.21. The molecule has 0 amide bonds. The minimum Gasteiger partial charge on any atom is -0.491 e. The summed E-state index contributed by atoms with van der Waals surface area (Å²) in [6, 6.07) is 7.67. The lowest BCUT2D eigenvalue weighted by Crippen LogP contribution is -2.53. The second-order valence-corrected chi connectivity index (χ2v) is 5.40. The molecule has 4 heteroatoms. The van der Waals surface area contributed by atoms with Gasteiger partial charge in [0.2, 0.25) is 0 Å². The predicted molar refractivity (Wildman–Crippen MR) is 71.5 cm³/mol. The summed E-state index contributed by atoms with van der Waals surface area (Å²) < 4.78 is 10.9. The molecule has 1 saturated heterocycles. The van der Waals surface area contributed by atoms with Gasteiger partial charge in [0.05, 0.1) is 30.7 Å². The Morgan fingerprint density at radius 3 is 2.21 bits per heavy atom. The van der Waals surface area contributed by atoms with Crippen molar-refractivity contribution < 1.29 is 19.4 Å². The summed E-state index contributed by atoms with van der Waals surface area (Å²) in [7, 11) is 0. The fourth-order valence-corrected chi connectivity index (χ4v) is 2.36. The molecule has 0 radical (unpaired) electrons. The zero-order valence-electron chi connectivity index (χ0n) is 11.6. The molecule has 2 rings (SSSR count). The Morgan fingerprint density at radius 2 is 1.84 bits per heavy atom. The molecule has 1 aliphatic rings. The Morgan fingerprint density at radius 1 is 1.26 bits per heavy atom. The van der Waals surface area contributed by atoms with E-state index in [4.69, 9.17) is 9.47 Å². The van der Waals surface area contributed by atoms with E-state index in [1.807, 2.05) is 38.1 Å². The van der Waals surface area contributed by atoms with Gasteiger partial charge < -0.3 is 14.6 Å². The molecule has 19 heavy (non-hydrogen) atoms. The summed E-state index contributed by atoms with van der Waals surface area (Å²) >= 11 is 0. The van der Waals surface area contributed by atoms with E-state index in [-0.39, 0.29) is 6.10 Å². The zero-order valence-corrected chi connectivity index (χ0v) is 11.6. The van der Waals surface area contributed by atoms with Crippen LogP contribution in [0.1, 0.15) is 26.3 Å². The first-order chi connectivity index (χ1) is 8.95. The van der Waals surface area contributed by atoms with Gasteiger partial charge in [-0.1, -0.05) is 19.1 Å². The van der Waals surface area contributed by atoms with E-state index in [0.717, 1.165) is 11.3 Å². The Balaban J connectivity index is 2.22. The highest BCUT2D eigenvalue weighted by Gasteiger charge is 2.48. The second-order valence-electron chi connectivity index (χ2n) is 5.40. The number of carboxylic acid groups (broad SMARTS) is 1. The number of rotatable bonds is 5. The molecule has 0 saturated carbocycles. The van der Waals surface area contributed by atoms with Crippen molar-refractivity contribution in [1.82, 2.24) is 0 Å². The normalized spacial score (nSPS) is 18.7. The molecule has 1 heterocycles. The van der Waals surface area contributed by atoms with Gasteiger partial charge in [0.25, 0.3) is 0 Å². The van der Waals surface area contributed by atoms with Crippen LogP contribution in [0.2, 0.25) is 0 Å². The molecule has 1 aromatic rings. The average Bonchev–Trinajstić information content (AvgIpc) is 2.28. The first-order valence-electron chi connectivity index (χ1n) is 6.53. The summed E-state index contributed by atoms with van der Waals surface area (Å²) in [5.74, 6) is -0.443. The summed E-state index contributed by atoms with van der Waals surface area (Å²) in [5.41, 5.74) is 0.604. The molecule has 1 unspecified atom stereocenters. The molecule has 1 aliphatic heterocycles. The Hall–Kier alpha value is -1.55. The lowest BCUT2D eigenvalue weighted by atomic mass is 9.69. The van der Waals surface area contributed by atoms with Crippen LogP contribution >= 0.6 is 0 Å². The van der Waals surface area contributed by atoms with Crippen LogP contribution in [0.4, 0.5) is 0 Å². The highest BCUT2D eigenvalue weighted by Crippen LogP contribution is 2.40. The van der Waals surface area contributed by atoms with Crippen LogP contribution in [-0.2, 0) is 14.9 Å². The fraction of sp³-hybridized carbons (Fsp3) is 0.533. The molecule has 0 aromatic heterocycles. The average molecular weight is 264 g/mol. The quantitative estimate of drug-likeness (QED) is 0.887. The molecular weight excluding hydrogens is 244 g/mol. The van der Waals surface area contributed by atoms with Crippen molar-refractivity contribution in [3.8, 4) is 5.75 Å². The maximum absolute atomic E-state index is 11.2. The van der Waals surface area contributed by atoms with Gasteiger partial charge in [0, 0.05) is 0 Å². The number of carbonyl (C=O) groups is 1. The van der Waals surface area contributed by atoms with Crippen molar-refractivity contribution in [2.75, 3.05) is 13.2 Å². The Kier molecular flexibility index (Phi) is 3.80. The van der Waals surface area contributed by atoms with E-state index in [1.54, 1.807) is 6.92 Å². The first-order valence-corrected chi connectivity index (χ1v) is 6.53. The van der Waals surface area contributed by atoms with E-state index in [1.165, 1.54) is 0 Å². The SMILES string of the molecule is CC(C)Oc1ccc(C2(C(C)C(=O)O)COC2)cc1. The van der Waals surface area contributed by atoms with Gasteiger partial charge in [0.15, 0.2) is 0 Å². The molecule has 0 spiro atoms. The van der Waals surface area contributed by atoms with Gasteiger partial charge in [0.1, 0.15) is 5.75 Å². The summed E-state index contributed by atoms with van der Waals surface area (Å²) in [6.07, 6.45) is 0.129. The van der Waals surface area contributed by atoms with Gasteiger partial charge in [-0.2, -0.15) is 0 Å². The minimum atomic E-state index is -0.786. The smallest absolute Gasteiger partial charge is 0.307 e. The Bertz CT molecular complexity index is 446. The van der Waals surface area contributed by atoms with Crippen molar-refractivity contribution in [3.05, 3.63) is 29.8 Å². The van der Waals surface area contributed by atoms with E-state index >= 15 is 0 Å². The third-order valence-corrected chi connectivity index (χ3v) is 3.72. The van der Waals surface area contributed by atoms with Crippen molar-refractivity contribution in [2.24, 2.45) is 5.92 Å². The summed E-state index contributed by atoms with van der Waals surface area (Å²) in [6.45, 7) is 6.61. The lowest BCUT2D eigenvalue weighted by molar-refractivity contribution is -0.155. The van der Waals surface area contributed by atoms with E-state index in [2.05, 4.69) is 0 Å². The molecule has 0 aliphatic carbocycles. The molecule has 1 atom stereocenters. The van der Waals surface area contributed by atoms with Crippen molar-refractivity contribution in [3.63, 3.8) is 0 Å². The number of benzene rings is 1. The molecular formula is C15H20O4. The number of hydrogen-bond donors (Lipinski definition) is 1. The van der Waals surface area contributed by atoms with Crippen LogP contribution in [0.3, 0.4) is 0 Å². The van der Waals surface area contributed by atoms with Gasteiger partial charge in [-0.25, -0.2) is 0 Å². The molecule has 0 bridgehead atoms. The van der Waals surface area contributed by atoms with Gasteiger partial charge in [-0.15, -0.1) is 0 Å². The summed E-state index contributed by atoms with van der Waals surface area (Å²) in [5, 5.41) is 9.24. The highest BCUT2D eigenvalue weighted by atomic mass is 16.5. The van der Waals surface area contributed by atoms with Crippen molar-refractivity contribution >= 4 is 5.97 Å². The van der Waals surface area contributed by atoms with E-state index in [9.17, 15) is 9.90 Å². The van der Waals surface area contributed by atoms with Crippen LogP contribution in [0.25, 0.3) is 0 Å². The number of aliphatic carboxylic acids is 1. The molecule has 4 nitrogen and oxygen atoms in total. The van der Waals surface area contributed by atoms with Crippen LogP contribution in [0, 0.1) is 5.92 Å². The topological polar surface area (TPSA) is 55.8 Å². The fourth-order valence-electron chi connectivity index (χ4n) is 2.36. The van der Waals surface area contributed by atoms with E-state index in [0.29, 0.717) is 13.2 Å². The zero-order chi connectivity index (χ0) is 14.0. The van der Waals surface area contributed by atoms with Crippen LogP contribution in [0.15, 0.2) is 24.3 Å². The standard InChI is InChI=1S/C15H20O4/c1-10(2)19-13-6-4-12(5-7-13)15(8-18-9-15)11(3)14(16)17/h4-7,10-11H,8-9H2,1-3H3,(H,16,17). The van der Waals surface area contributed by atoms with Crippen LogP contribution < -0.4 is 4.74 Å². The van der Waals surface area contributed by atoms with Crippen molar-refractivity contribution in [2.45, 2.75) is 32.3 Å². The summed E-state index contributed by atoms with van der Waals surface area (Å²) in [4.78, 5) is 11.2. The van der Waals surface area contributed by atoms with Gasteiger partial charge in [-0.3, -0.25) is 4.79 Å². The Labute approximate surface area is 113 Å². The third-order valence-electron chi connectivity index (χ3n) is 3.72. The number of ether oxygens (including phenoxy) is 2. The van der Waals surface area contributed by atoms with Gasteiger partial charge in [-0.05, 0) is 31.5 Å². The van der Waals surface area contributed by atoms with Gasteiger partial charge >= 0.3 is 5.97 Å². The van der Waals surface area contributed by atoms with Crippen LogP contribution in [0.5, 0.6) is 5.75 Å². The van der Waals surface area contributed by atoms with Crippen molar-refractivity contribution in [1.29, 1.82) is 0 Å². The molecule has 104 valence electrons. The largest absolute Gasteiger partial charge is 0.491 e. The molecule has 1 fully saturated rings. The number of carboxylic acids is 1. The van der Waals surface area contributed by atoms with E-state index < -0.39 is 17.3 Å².